The number of carbonyl (C=O) groups is 2. The highest BCUT2D eigenvalue weighted by atomic mass is 16.5. The Balaban J connectivity index is 2.05. The summed E-state index contributed by atoms with van der Waals surface area (Å²) in [6.45, 7) is 2.54. The van der Waals surface area contributed by atoms with Gasteiger partial charge in [-0.05, 0) is 48.9 Å². The van der Waals surface area contributed by atoms with Crippen LogP contribution in [0.25, 0.3) is 0 Å². The lowest BCUT2D eigenvalue weighted by molar-refractivity contribution is 0.0526. The Hall–Kier alpha value is -2.66. The van der Waals surface area contributed by atoms with Crippen molar-refractivity contribution in [3.05, 3.63) is 65.2 Å². The Morgan fingerprint density at radius 2 is 1.78 bits per heavy atom. The van der Waals surface area contributed by atoms with E-state index in [1.165, 1.54) is 0 Å². The van der Waals surface area contributed by atoms with E-state index in [1.54, 1.807) is 50.4 Å². The molecule has 0 aliphatic rings. The molecule has 0 radical (unpaired) electrons. The van der Waals surface area contributed by atoms with E-state index < -0.39 is 0 Å². The summed E-state index contributed by atoms with van der Waals surface area (Å²) < 4.78 is 9.98. The number of carbonyl (C=O) groups excluding carboxylic acids is 2. The fourth-order valence-electron chi connectivity index (χ4n) is 2.08. The molecular weight excluding hydrogens is 294 g/mol. The number of ether oxygens (including phenoxy) is 2. The van der Waals surface area contributed by atoms with E-state index in [0.717, 1.165) is 5.56 Å². The van der Waals surface area contributed by atoms with Gasteiger partial charge in [0.25, 0.3) is 5.91 Å². The van der Waals surface area contributed by atoms with Crippen molar-refractivity contribution < 1.29 is 19.1 Å². The molecule has 0 unspecified atom stereocenters. The third-order valence-corrected chi connectivity index (χ3v) is 3.15. The molecule has 0 aliphatic heterocycles. The Labute approximate surface area is 135 Å². The molecule has 0 bridgehead atoms. The van der Waals surface area contributed by atoms with Gasteiger partial charge in [0.05, 0.1) is 18.8 Å². The zero-order valence-corrected chi connectivity index (χ0v) is 13.2. The Kier molecular flexibility index (Phi) is 5.88. The van der Waals surface area contributed by atoms with Gasteiger partial charge in [-0.15, -0.1) is 0 Å². The molecule has 120 valence electrons. The molecule has 2 aromatic carbocycles. The van der Waals surface area contributed by atoms with Crippen molar-refractivity contribution in [3.63, 3.8) is 0 Å². The molecule has 1 N–H and O–H groups in total. The first kappa shape index (κ1) is 16.7. The van der Waals surface area contributed by atoms with E-state index in [9.17, 15) is 9.59 Å². The van der Waals surface area contributed by atoms with Gasteiger partial charge in [-0.1, -0.05) is 12.1 Å². The molecule has 0 aromatic heterocycles. The molecular formula is C18H19NO4. The van der Waals surface area contributed by atoms with E-state index >= 15 is 0 Å². The first-order valence-electron chi connectivity index (χ1n) is 7.30. The fraction of sp³-hybridized carbons (Fsp3) is 0.222. The van der Waals surface area contributed by atoms with E-state index in [4.69, 9.17) is 9.47 Å². The largest absolute Gasteiger partial charge is 0.462 e. The van der Waals surface area contributed by atoms with E-state index in [0.29, 0.717) is 30.0 Å². The van der Waals surface area contributed by atoms with Crippen LogP contribution >= 0.6 is 0 Å². The second-order valence-corrected chi connectivity index (χ2v) is 4.89. The third kappa shape index (κ3) is 4.66. The van der Waals surface area contributed by atoms with Crippen molar-refractivity contribution in [1.29, 1.82) is 0 Å². The predicted octanol–water partition coefficient (Wildman–Crippen LogP) is 3.26. The number of anilines is 1. The highest BCUT2D eigenvalue weighted by Gasteiger charge is 2.09. The van der Waals surface area contributed by atoms with Crippen LogP contribution in [-0.4, -0.2) is 25.6 Å². The molecule has 0 heterocycles. The van der Waals surface area contributed by atoms with Gasteiger partial charge in [-0.3, -0.25) is 4.79 Å². The molecule has 1 amide bonds. The zero-order valence-electron chi connectivity index (χ0n) is 13.2. The number of nitrogens with one attached hydrogen (secondary N) is 1. The summed E-state index contributed by atoms with van der Waals surface area (Å²) in [4.78, 5) is 23.8. The number of hydrogen-bond donors (Lipinski definition) is 1. The van der Waals surface area contributed by atoms with Crippen LogP contribution < -0.4 is 5.32 Å². The second kappa shape index (κ2) is 8.10. The fourth-order valence-corrected chi connectivity index (χ4v) is 2.08. The lowest BCUT2D eigenvalue weighted by Gasteiger charge is -2.08. The zero-order chi connectivity index (χ0) is 16.7. The van der Waals surface area contributed by atoms with Crippen molar-refractivity contribution in [2.24, 2.45) is 0 Å². The third-order valence-electron chi connectivity index (χ3n) is 3.15. The molecule has 5 heteroatoms. The number of hydrogen-bond acceptors (Lipinski definition) is 4. The highest BCUT2D eigenvalue weighted by molar-refractivity contribution is 6.04. The van der Waals surface area contributed by atoms with Gasteiger partial charge in [0, 0.05) is 18.4 Å². The van der Waals surface area contributed by atoms with Gasteiger partial charge >= 0.3 is 5.97 Å². The van der Waals surface area contributed by atoms with Crippen molar-refractivity contribution >= 4 is 17.6 Å². The summed E-state index contributed by atoms with van der Waals surface area (Å²) in [6.07, 6.45) is 0. The number of amides is 1. The number of rotatable bonds is 6. The molecule has 0 spiro atoms. The highest BCUT2D eigenvalue weighted by Crippen LogP contribution is 2.13. The molecule has 23 heavy (non-hydrogen) atoms. The molecule has 0 aliphatic carbocycles. The minimum Gasteiger partial charge on any atom is -0.462 e. The molecule has 0 saturated carbocycles. The SMILES string of the molecule is CCOC(=O)c1ccc(NC(=O)c2cccc(COC)c2)cc1. The van der Waals surface area contributed by atoms with E-state index in [-0.39, 0.29) is 11.9 Å². The lowest BCUT2D eigenvalue weighted by Crippen LogP contribution is -2.12. The first-order valence-corrected chi connectivity index (χ1v) is 7.30. The van der Waals surface area contributed by atoms with Gasteiger partial charge in [-0.25, -0.2) is 4.79 Å². The standard InChI is InChI=1S/C18H19NO4/c1-3-23-18(21)14-7-9-16(10-8-14)19-17(20)15-6-4-5-13(11-15)12-22-2/h4-11H,3,12H2,1-2H3,(H,19,20). The predicted molar refractivity (Wildman–Crippen MR) is 87.5 cm³/mol. The van der Waals surface area contributed by atoms with E-state index in [2.05, 4.69) is 5.32 Å². The maximum absolute atomic E-state index is 12.2. The molecule has 0 atom stereocenters. The second-order valence-electron chi connectivity index (χ2n) is 4.89. The smallest absolute Gasteiger partial charge is 0.338 e. The van der Waals surface area contributed by atoms with Crippen LogP contribution in [0.2, 0.25) is 0 Å². The lowest BCUT2D eigenvalue weighted by atomic mass is 10.1. The van der Waals surface area contributed by atoms with Crippen molar-refractivity contribution in [2.45, 2.75) is 13.5 Å². The summed E-state index contributed by atoms with van der Waals surface area (Å²) >= 11 is 0. The monoisotopic (exact) mass is 313 g/mol. The van der Waals surface area contributed by atoms with Crippen LogP contribution in [0.5, 0.6) is 0 Å². The normalized spacial score (nSPS) is 10.2. The Bertz CT molecular complexity index is 680. The van der Waals surface area contributed by atoms with Crippen LogP contribution in [0.3, 0.4) is 0 Å². The maximum atomic E-state index is 12.2. The molecule has 0 saturated heterocycles. The molecule has 2 aromatic rings. The minimum absolute atomic E-state index is 0.216. The quantitative estimate of drug-likeness (QED) is 0.831. The summed E-state index contributed by atoms with van der Waals surface area (Å²) in [7, 11) is 1.61. The van der Waals surface area contributed by atoms with Crippen LogP contribution in [0.1, 0.15) is 33.2 Å². The Morgan fingerprint density at radius 3 is 2.43 bits per heavy atom. The number of benzene rings is 2. The number of methoxy groups -OCH3 is 1. The Morgan fingerprint density at radius 1 is 1.04 bits per heavy atom. The minimum atomic E-state index is -0.377. The first-order chi connectivity index (χ1) is 11.1. The summed E-state index contributed by atoms with van der Waals surface area (Å²) in [6, 6.07) is 13.8. The van der Waals surface area contributed by atoms with E-state index in [1.807, 2.05) is 12.1 Å². The summed E-state index contributed by atoms with van der Waals surface area (Å²) in [5, 5.41) is 2.79. The maximum Gasteiger partial charge on any atom is 0.338 e. The summed E-state index contributed by atoms with van der Waals surface area (Å²) in [5.41, 5.74) is 2.54. The van der Waals surface area contributed by atoms with Gasteiger partial charge < -0.3 is 14.8 Å². The van der Waals surface area contributed by atoms with Gasteiger partial charge in [0.15, 0.2) is 0 Å². The molecule has 2 rings (SSSR count). The van der Waals surface area contributed by atoms with Crippen molar-refractivity contribution in [3.8, 4) is 0 Å². The summed E-state index contributed by atoms with van der Waals surface area (Å²) in [5.74, 6) is -0.593. The van der Waals surface area contributed by atoms with Crippen LogP contribution in [0, 0.1) is 0 Å². The molecule has 5 nitrogen and oxygen atoms in total. The van der Waals surface area contributed by atoms with Gasteiger partial charge in [0.2, 0.25) is 0 Å². The molecule has 0 fully saturated rings. The van der Waals surface area contributed by atoms with Crippen molar-refractivity contribution in [1.82, 2.24) is 0 Å². The average molecular weight is 313 g/mol. The topological polar surface area (TPSA) is 64.6 Å². The van der Waals surface area contributed by atoms with Crippen LogP contribution in [0.15, 0.2) is 48.5 Å². The van der Waals surface area contributed by atoms with Gasteiger partial charge in [0.1, 0.15) is 0 Å². The van der Waals surface area contributed by atoms with Crippen LogP contribution in [-0.2, 0) is 16.1 Å². The number of esters is 1. The van der Waals surface area contributed by atoms with Crippen molar-refractivity contribution in [2.75, 3.05) is 19.0 Å². The average Bonchev–Trinajstić information content (AvgIpc) is 2.56. The van der Waals surface area contributed by atoms with Crippen LogP contribution in [0.4, 0.5) is 5.69 Å². The van der Waals surface area contributed by atoms with Gasteiger partial charge in [-0.2, -0.15) is 0 Å².